The highest BCUT2D eigenvalue weighted by molar-refractivity contribution is 5.39. The van der Waals surface area contributed by atoms with E-state index in [1.54, 1.807) is 14.2 Å². The summed E-state index contributed by atoms with van der Waals surface area (Å²) in [5, 5.41) is 0. The van der Waals surface area contributed by atoms with Gasteiger partial charge in [0.25, 0.3) is 0 Å². The number of piperidine rings is 3. The summed E-state index contributed by atoms with van der Waals surface area (Å²) in [4.78, 5) is 5.52. The summed E-state index contributed by atoms with van der Waals surface area (Å²) in [5.74, 6) is 2.50. The van der Waals surface area contributed by atoms with E-state index in [9.17, 15) is 0 Å². The predicted molar refractivity (Wildman–Crippen MR) is 95.7 cm³/mol. The lowest BCUT2D eigenvalue weighted by atomic mass is 9.75. The Hall–Kier alpha value is -1.10. The van der Waals surface area contributed by atoms with Gasteiger partial charge in [0.15, 0.2) is 0 Å². The number of nitrogens with zero attached hydrogens (tertiary/aromatic N) is 2. The highest BCUT2D eigenvalue weighted by atomic mass is 16.5. The van der Waals surface area contributed by atoms with Crippen LogP contribution >= 0.6 is 0 Å². The molecule has 4 aliphatic heterocycles. The summed E-state index contributed by atoms with van der Waals surface area (Å²) in [6.07, 6.45) is 3.88. The summed E-state index contributed by atoms with van der Waals surface area (Å²) < 4.78 is 11.0. The molecule has 4 aliphatic rings. The number of fused-ring (bicyclic) bond motifs is 2. The number of methoxy groups -OCH3 is 2. The Morgan fingerprint density at radius 3 is 2.62 bits per heavy atom. The molecular formula is C20H30N2O2. The molecule has 4 fully saturated rings. The minimum absolute atomic E-state index is 0.566. The van der Waals surface area contributed by atoms with E-state index in [4.69, 9.17) is 9.47 Å². The van der Waals surface area contributed by atoms with Crippen LogP contribution < -0.4 is 4.74 Å². The smallest absolute Gasteiger partial charge is 0.122 e. The van der Waals surface area contributed by atoms with Crippen LogP contribution in [-0.2, 0) is 4.74 Å². The van der Waals surface area contributed by atoms with E-state index in [1.807, 2.05) is 0 Å². The SMILES string of the molecule is COCCCN1C[C@H](c2ccccc2OC)[C@@H]2[C@H]1C1CCN2CC1. The Morgan fingerprint density at radius 2 is 1.88 bits per heavy atom. The second-order valence-corrected chi connectivity index (χ2v) is 7.54. The van der Waals surface area contributed by atoms with Gasteiger partial charge in [-0.1, -0.05) is 18.2 Å². The van der Waals surface area contributed by atoms with Crippen molar-refractivity contribution >= 4 is 0 Å². The van der Waals surface area contributed by atoms with Crippen LogP contribution in [0.15, 0.2) is 24.3 Å². The van der Waals surface area contributed by atoms with E-state index in [0.717, 1.165) is 43.8 Å². The lowest BCUT2D eigenvalue weighted by Gasteiger charge is -2.51. The summed E-state index contributed by atoms with van der Waals surface area (Å²) in [7, 11) is 3.60. The molecule has 4 saturated heterocycles. The van der Waals surface area contributed by atoms with Gasteiger partial charge < -0.3 is 9.47 Å². The first-order valence-corrected chi connectivity index (χ1v) is 9.43. The standard InChI is InChI=1S/C20H30N2O2/c1-23-13-5-10-22-14-17(16-6-3-4-7-18(16)24-2)20-19(22)15-8-11-21(20)12-9-15/h3-4,6-7,15,17,19-20H,5,8-14H2,1-2H3/t17-,19-,20-/m1/s1. The third-order valence-electron chi connectivity index (χ3n) is 6.43. The average Bonchev–Trinajstić information content (AvgIpc) is 3.04. The average molecular weight is 330 g/mol. The molecule has 2 bridgehead atoms. The molecular weight excluding hydrogens is 300 g/mol. The van der Waals surface area contributed by atoms with Gasteiger partial charge in [0, 0.05) is 50.4 Å². The van der Waals surface area contributed by atoms with E-state index in [2.05, 4.69) is 34.1 Å². The van der Waals surface area contributed by atoms with Crippen LogP contribution in [0.4, 0.5) is 0 Å². The highest BCUT2D eigenvalue weighted by Crippen LogP contribution is 2.47. The maximum absolute atomic E-state index is 5.69. The maximum atomic E-state index is 5.69. The van der Waals surface area contributed by atoms with Crippen molar-refractivity contribution in [3.63, 3.8) is 0 Å². The lowest BCUT2D eigenvalue weighted by molar-refractivity contribution is -0.00813. The number of hydrogen-bond donors (Lipinski definition) is 0. The molecule has 0 amide bonds. The van der Waals surface area contributed by atoms with Gasteiger partial charge in [0.1, 0.15) is 5.75 Å². The molecule has 0 N–H and O–H groups in total. The first-order valence-electron chi connectivity index (χ1n) is 9.43. The molecule has 1 aromatic rings. The Morgan fingerprint density at radius 1 is 1.08 bits per heavy atom. The number of rotatable bonds is 6. The zero-order chi connectivity index (χ0) is 16.5. The third-order valence-corrected chi connectivity index (χ3v) is 6.43. The summed E-state index contributed by atoms with van der Waals surface area (Å²) in [5.41, 5.74) is 1.40. The van der Waals surface area contributed by atoms with E-state index in [1.165, 1.54) is 31.5 Å². The van der Waals surface area contributed by atoms with Crippen molar-refractivity contribution in [1.29, 1.82) is 0 Å². The van der Waals surface area contributed by atoms with Crippen LogP contribution in [0.5, 0.6) is 5.75 Å². The fourth-order valence-electron chi connectivity index (χ4n) is 5.45. The van der Waals surface area contributed by atoms with E-state index in [-0.39, 0.29) is 0 Å². The number of ether oxygens (including phenoxy) is 2. The van der Waals surface area contributed by atoms with Crippen LogP contribution in [0.1, 0.15) is 30.7 Å². The van der Waals surface area contributed by atoms with E-state index < -0.39 is 0 Å². The van der Waals surface area contributed by atoms with Gasteiger partial charge in [-0.25, -0.2) is 0 Å². The van der Waals surface area contributed by atoms with Gasteiger partial charge >= 0.3 is 0 Å². The van der Waals surface area contributed by atoms with E-state index >= 15 is 0 Å². The van der Waals surface area contributed by atoms with Crippen molar-refractivity contribution in [2.75, 3.05) is 47.0 Å². The van der Waals surface area contributed by atoms with Crippen molar-refractivity contribution in [3.8, 4) is 5.75 Å². The summed E-state index contributed by atoms with van der Waals surface area (Å²) >= 11 is 0. The molecule has 5 rings (SSSR count). The van der Waals surface area contributed by atoms with Crippen LogP contribution in [0.3, 0.4) is 0 Å². The quantitative estimate of drug-likeness (QED) is 0.749. The van der Waals surface area contributed by atoms with E-state index in [0.29, 0.717) is 12.0 Å². The largest absolute Gasteiger partial charge is 0.496 e. The zero-order valence-corrected chi connectivity index (χ0v) is 15.0. The van der Waals surface area contributed by atoms with Gasteiger partial charge in [-0.2, -0.15) is 0 Å². The number of likely N-dealkylation sites (tertiary alicyclic amines) is 1. The highest BCUT2D eigenvalue weighted by Gasteiger charge is 2.53. The third kappa shape index (κ3) is 2.75. The van der Waals surface area contributed by atoms with Crippen molar-refractivity contribution in [2.45, 2.75) is 37.3 Å². The van der Waals surface area contributed by atoms with Gasteiger partial charge in [-0.15, -0.1) is 0 Å². The van der Waals surface area contributed by atoms with Gasteiger partial charge in [0.05, 0.1) is 7.11 Å². The Kier molecular flexibility index (Phi) is 4.79. The van der Waals surface area contributed by atoms with Crippen molar-refractivity contribution in [3.05, 3.63) is 29.8 Å². The molecule has 0 aromatic heterocycles. The zero-order valence-electron chi connectivity index (χ0n) is 15.0. The summed E-state index contributed by atoms with van der Waals surface area (Å²) in [6.45, 7) is 5.74. The second kappa shape index (κ2) is 7.03. The molecule has 0 spiro atoms. The molecule has 24 heavy (non-hydrogen) atoms. The minimum Gasteiger partial charge on any atom is -0.496 e. The fourth-order valence-corrected chi connectivity index (χ4v) is 5.45. The van der Waals surface area contributed by atoms with Crippen LogP contribution in [-0.4, -0.2) is 68.9 Å². The monoisotopic (exact) mass is 330 g/mol. The van der Waals surface area contributed by atoms with Crippen molar-refractivity contribution < 1.29 is 9.47 Å². The summed E-state index contributed by atoms with van der Waals surface area (Å²) in [6, 6.07) is 10.0. The lowest BCUT2D eigenvalue weighted by Crippen LogP contribution is -2.60. The molecule has 0 unspecified atom stereocenters. The van der Waals surface area contributed by atoms with Gasteiger partial charge in [0.2, 0.25) is 0 Å². The topological polar surface area (TPSA) is 24.9 Å². The molecule has 0 radical (unpaired) electrons. The Balaban J connectivity index is 1.62. The van der Waals surface area contributed by atoms with Crippen LogP contribution in [0, 0.1) is 5.92 Å². The van der Waals surface area contributed by atoms with Crippen LogP contribution in [0.25, 0.3) is 0 Å². The van der Waals surface area contributed by atoms with Gasteiger partial charge in [-0.05, 0) is 44.3 Å². The molecule has 0 saturated carbocycles. The maximum Gasteiger partial charge on any atom is 0.122 e. The first kappa shape index (κ1) is 16.4. The minimum atomic E-state index is 0.566. The Labute approximate surface area is 145 Å². The molecule has 1 aromatic carbocycles. The second-order valence-electron chi connectivity index (χ2n) is 7.54. The van der Waals surface area contributed by atoms with Crippen LogP contribution in [0.2, 0.25) is 0 Å². The normalized spacial score (nSPS) is 35.2. The molecule has 0 aliphatic carbocycles. The molecule has 4 nitrogen and oxygen atoms in total. The van der Waals surface area contributed by atoms with Crippen molar-refractivity contribution in [2.24, 2.45) is 5.92 Å². The number of benzene rings is 1. The number of hydrogen-bond acceptors (Lipinski definition) is 4. The fraction of sp³-hybridized carbons (Fsp3) is 0.700. The first-order chi connectivity index (χ1) is 11.8. The molecule has 132 valence electrons. The van der Waals surface area contributed by atoms with Gasteiger partial charge in [-0.3, -0.25) is 9.80 Å². The predicted octanol–water partition coefficient (Wildman–Crippen LogP) is 2.59. The molecule has 4 heteroatoms. The number of para-hydroxylation sites is 1. The molecule has 3 atom stereocenters. The van der Waals surface area contributed by atoms with Crippen molar-refractivity contribution in [1.82, 2.24) is 9.80 Å². The molecule has 4 heterocycles. The Bertz CT molecular complexity index is 556.